The summed E-state index contributed by atoms with van der Waals surface area (Å²) in [6.45, 7) is 1.13. The second-order valence-corrected chi connectivity index (χ2v) is 8.34. The number of hydrogen-bond donors (Lipinski definition) is 1. The Morgan fingerprint density at radius 2 is 1.88 bits per heavy atom. The molecule has 7 heteroatoms. The molecule has 1 aliphatic carbocycles. The zero-order chi connectivity index (χ0) is 17.7. The Morgan fingerprint density at radius 1 is 1.16 bits per heavy atom. The lowest BCUT2D eigenvalue weighted by atomic mass is 9.96. The lowest BCUT2D eigenvalue weighted by molar-refractivity contribution is 0.0955. The molecule has 1 saturated heterocycles. The van der Waals surface area contributed by atoms with Crippen molar-refractivity contribution in [1.82, 2.24) is 9.73 Å². The first-order valence-electron chi connectivity index (χ1n) is 8.66. The summed E-state index contributed by atoms with van der Waals surface area (Å²) < 4.78 is 26.4. The van der Waals surface area contributed by atoms with E-state index in [0.717, 1.165) is 32.1 Å². The Labute approximate surface area is 148 Å². The quantitative estimate of drug-likeness (QED) is 0.497. The number of hydrazone groups is 1. The van der Waals surface area contributed by atoms with Crippen LogP contribution in [0.5, 0.6) is 0 Å². The zero-order valence-corrected chi connectivity index (χ0v) is 14.9. The molecule has 0 saturated carbocycles. The van der Waals surface area contributed by atoms with E-state index in [0.29, 0.717) is 24.6 Å². The maximum absolute atomic E-state index is 12.5. The minimum atomic E-state index is -3.45. The van der Waals surface area contributed by atoms with E-state index in [-0.39, 0.29) is 10.8 Å². The molecule has 1 heterocycles. The molecular weight excluding hydrogens is 338 g/mol. The molecule has 0 radical (unpaired) electrons. The Balaban J connectivity index is 1.60. The summed E-state index contributed by atoms with van der Waals surface area (Å²) in [4.78, 5) is 12.3. The highest BCUT2D eigenvalue weighted by atomic mass is 32.2. The van der Waals surface area contributed by atoms with Crippen LogP contribution >= 0.6 is 0 Å². The fraction of sp³-hybridized carbons (Fsp3) is 0.444. The van der Waals surface area contributed by atoms with Crippen molar-refractivity contribution in [2.45, 2.75) is 37.0 Å². The van der Waals surface area contributed by atoms with Gasteiger partial charge in [0.05, 0.1) is 4.90 Å². The highest BCUT2D eigenvalue weighted by Crippen LogP contribution is 2.21. The van der Waals surface area contributed by atoms with Crippen LogP contribution in [-0.4, -0.2) is 37.9 Å². The second kappa shape index (κ2) is 7.93. The number of carbonyl (C=O) groups is 1. The fourth-order valence-corrected chi connectivity index (χ4v) is 4.59. The molecule has 1 atom stereocenters. The molecule has 6 nitrogen and oxygen atoms in total. The minimum Gasteiger partial charge on any atom is -0.267 e. The van der Waals surface area contributed by atoms with Crippen LogP contribution in [0.1, 0.15) is 42.5 Å². The topological polar surface area (TPSA) is 78.8 Å². The van der Waals surface area contributed by atoms with E-state index in [1.165, 1.54) is 28.6 Å². The lowest BCUT2D eigenvalue weighted by Crippen LogP contribution is -2.28. The van der Waals surface area contributed by atoms with Crippen molar-refractivity contribution in [3.8, 4) is 0 Å². The molecule has 1 aromatic rings. The van der Waals surface area contributed by atoms with Gasteiger partial charge < -0.3 is 0 Å². The number of nitrogens with one attached hydrogen (secondary N) is 1. The first-order chi connectivity index (χ1) is 12.1. The van der Waals surface area contributed by atoms with Gasteiger partial charge in [-0.2, -0.15) is 9.41 Å². The van der Waals surface area contributed by atoms with Gasteiger partial charge in [0.25, 0.3) is 5.91 Å². The van der Waals surface area contributed by atoms with Crippen molar-refractivity contribution >= 4 is 22.1 Å². The molecule has 0 bridgehead atoms. The molecule has 2 aliphatic rings. The van der Waals surface area contributed by atoms with Crippen molar-refractivity contribution in [1.29, 1.82) is 0 Å². The van der Waals surface area contributed by atoms with Gasteiger partial charge in [0.15, 0.2) is 0 Å². The smallest absolute Gasteiger partial charge is 0.267 e. The predicted octanol–water partition coefficient (Wildman–Crippen LogP) is 2.54. The van der Waals surface area contributed by atoms with Gasteiger partial charge in [-0.15, -0.1) is 0 Å². The van der Waals surface area contributed by atoms with Crippen LogP contribution in [0.15, 0.2) is 46.4 Å². The summed E-state index contributed by atoms with van der Waals surface area (Å²) in [6.07, 6.45) is 10.9. The van der Waals surface area contributed by atoms with Crippen LogP contribution in [0.4, 0.5) is 0 Å². The van der Waals surface area contributed by atoms with E-state index in [9.17, 15) is 13.2 Å². The van der Waals surface area contributed by atoms with Crippen molar-refractivity contribution in [2.24, 2.45) is 11.0 Å². The average molecular weight is 361 g/mol. The van der Waals surface area contributed by atoms with E-state index in [4.69, 9.17) is 0 Å². The van der Waals surface area contributed by atoms with E-state index >= 15 is 0 Å². The third kappa shape index (κ3) is 4.35. The zero-order valence-electron chi connectivity index (χ0n) is 14.1. The number of benzene rings is 1. The maximum atomic E-state index is 12.5. The van der Waals surface area contributed by atoms with Crippen molar-refractivity contribution in [3.63, 3.8) is 0 Å². The number of carbonyl (C=O) groups excluding carboxylic acids is 1. The first kappa shape index (κ1) is 17.8. The van der Waals surface area contributed by atoms with E-state index in [1.54, 1.807) is 6.21 Å². The number of sulfonamides is 1. The maximum Gasteiger partial charge on any atom is 0.271 e. The monoisotopic (exact) mass is 361 g/mol. The Morgan fingerprint density at radius 3 is 2.52 bits per heavy atom. The Bertz CT molecular complexity index is 763. The van der Waals surface area contributed by atoms with Gasteiger partial charge in [-0.05, 0) is 62.3 Å². The van der Waals surface area contributed by atoms with Gasteiger partial charge in [0.2, 0.25) is 10.0 Å². The second-order valence-electron chi connectivity index (χ2n) is 6.40. The van der Waals surface area contributed by atoms with Gasteiger partial charge in [-0.25, -0.2) is 13.8 Å². The molecule has 1 aliphatic heterocycles. The number of nitrogens with zero attached hydrogens (tertiary/aromatic N) is 2. The van der Waals surface area contributed by atoms with Crippen LogP contribution < -0.4 is 5.43 Å². The highest BCUT2D eigenvalue weighted by Gasteiger charge is 2.27. The summed E-state index contributed by atoms with van der Waals surface area (Å²) in [6, 6.07) is 6.02. The summed E-state index contributed by atoms with van der Waals surface area (Å²) in [5.74, 6) is 0.0194. The third-order valence-corrected chi connectivity index (χ3v) is 6.49. The van der Waals surface area contributed by atoms with Gasteiger partial charge in [0.1, 0.15) is 0 Å². The molecule has 0 spiro atoms. The van der Waals surface area contributed by atoms with Gasteiger partial charge in [-0.3, -0.25) is 4.79 Å². The van der Waals surface area contributed by atoms with Gasteiger partial charge >= 0.3 is 0 Å². The molecule has 1 amide bonds. The molecule has 1 aromatic carbocycles. The average Bonchev–Trinajstić information content (AvgIpc) is 3.18. The van der Waals surface area contributed by atoms with Crippen LogP contribution in [0.2, 0.25) is 0 Å². The lowest BCUT2D eigenvalue weighted by Gasteiger charge is -2.15. The summed E-state index contributed by atoms with van der Waals surface area (Å²) >= 11 is 0. The van der Waals surface area contributed by atoms with E-state index in [2.05, 4.69) is 22.7 Å². The van der Waals surface area contributed by atoms with Crippen molar-refractivity contribution < 1.29 is 13.2 Å². The number of hydrogen-bond acceptors (Lipinski definition) is 4. The standard InChI is InChI=1S/C18H23N3O3S/c22-18(20-19-14-15-6-2-1-3-7-15)16-8-10-17(11-9-16)25(23,24)21-12-4-5-13-21/h1-2,8-11,14-15H,3-7,12-13H2,(H,20,22)/b19-14-/t15-/m0/s1. The van der Waals surface area contributed by atoms with Crippen molar-refractivity contribution in [3.05, 3.63) is 42.0 Å². The van der Waals surface area contributed by atoms with Crippen LogP contribution in [0.3, 0.4) is 0 Å². The Hall–Kier alpha value is -1.99. The van der Waals surface area contributed by atoms with E-state index < -0.39 is 10.0 Å². The molecule has 0 aromatic heterocycles. The minimum absolute atomic E-state index is 0.225. The molecule has 134 valence electrons. The van der Waals surface area contributed by atoms with E-state index in [1.807, 2.05) is 0 Å². The summed E-state index contributed by atoms with van der Waals surface area (Å²) in [5, 5.41) is 4.02. The normalized spacial score (nSPS) is 21.7. The molecule has 25 heavy (non-hydrogen) atoms. The van der Waals surface area contributed by atoms with Crippen molar-refractivity contribution in [2.75, 3.05) is 13.1 Å². The fourth-order valence-electron chi connectivity index (χ4n) is 3.07. The predicted molar refractivity (Wildman–Crippen MR) is 96.9 cm³/mol. The number of amides is 1. The molecular formula is C18H23N3O3S. The number of allylic oxidation sites excluding steroid dienone is 2. The molecule has 3 rings (SSSR count). The molecule has 1 fully saturated rings. The largest absolute Gasteiger partial charge is 0.271 e. The van der Waals surface area contributed by atoms with Crippen LogP contribution in [-0.2, 0) is 10.0 Å². The SMILES string of the molecule is O=C(N/N=C\[C@H]1CC=CCC1)c1ccc(S(=O)(=O)N2CCCC2)cc1. The summed E-state index contributed by atoms with van der Waals surface area (Å²) in [5.41, 5.74) is 2.90. The molecule has 0 unspecified atom stereocenters. The summed E-state index contributed by atoms with van der Waals surface area (Å²) in [7, 11) is -3.45. The van der Waals surface area contributed by atoms with Gasteiger partial charge in [0, 0.05) is 24.9 Å². The molecule has 1 N–H and O–H groups in total. The first-order valence-corrected chi connectivity index (χ1v) is 10.1. The van der Waals surface area contributed by atoms with Crippen LogP contribution in [0.25, 0.3) is 0 Å². The van der Waals surface area contributed by atoms with Gasteiger partial charge in [-0.1, -0.05) is 12.2 Å². The number of rotatable bonds is 5. The highest BCUT2D eigenvalue weighted by molar-refractivity contribution is 7.89. The van der Waals surface area contributed by atoms with Crippen LogP contribution in [0, 0.1) is 5.92 Å². The Kier molecular flexibility index (Phi) is 5.65. The third-order valence-electron chi connectivity index (χ3n) is 4.58.